The number of thiophene rings is 1. The summed E-state index contributed by atoms with van der Waals surface area (Å²) >= 11 is 1.60. The van der Waals surface area contributed by atoms with E-state index in [4.69, 9.17) is 0 Å². The summed E-state index contributed by atoms with van der Waals surface area (Å²) in [6.45, 7) is 0. The largest absolute Gasteiger partial charge is 0.507 e. The Labute approximate surface area is 124 Å². The molecular formula is C17H11FO2S. The highest BCUT2D eigenvalue weighted by atomic mass is 32.1. The molecule has 1 heterocycles. The predicted octanol–water partition coefficient (Wildman–Crippen LogP) is 4.64. The molecule has 0 bridgehead atoms. The average Bonchev–Trinajstić information content (AvgIpc) is 2.90. The molecule has 1 N–H and O–H groups in total. The van der Waals surface area contributed by atoms with Crippen LogP contribution in [0.25, 0.3) is 16.2 Å². The second-order valence-corrected chi connectivity index (χ2v) is 5.46. The lowest BCUT2D eigenvalue weighted by Gasteiger charge is -2.00. The number of hydrogen-bond acceptors (Lipinski definition) is 3. The number of halogens is 1. The van der Waals surface area contributed by atoms with Gasteiger partial charge in [-0.3, -0.25) is 4.79 Å². The molecule has 3 rings (SSSR count). The number of phenolic OH excluding ortho intramolecular Hbond substituents is 1. The summed E-state index contributed by atoms with van der Waals surface area (Å²) in [6, 6.07) is 11.2. The van der Waals surface area contributed by atoms with Crippen LogP contribution in [0.5, 0.6) is 5.75 Å². The molecule has 4 heteroatoms. The van der Waals surface area contributed by atoms with E-state index < -0.39 is 11.6 Å². The molecule has 104 valence electrons. The van der Waals surface area contributed by atoms with Gasteiger partial charge in [-0.15, -0.1) is 11.3 Å². The number of ketones is 1. The predicted molar refractivity (Wildman–Crippen MR) is 83.3 cm³/mol. The Morgan fingerprint density at radius 2 is 2.00 bits per heavy atom. The van der Waals surface area contributed by atoms with Crippen molar-refractivity contribution in [1.29, 1.82) is 0 Å². The topological polar surface area (TPSA) is 37.3 Å². The van der Waals surface area contributed by atoms with Crippen LogP contribution in [-0.2, 0) is 0 Å². The second kappa shape index (κ2) is 5.50. The monoisotopic (exact) mass is 298 g/mol. The Balaban J connectivity index is 1.92. The van der Waals surface area contributed by atoms with Crippen LogP contribution in [0, 0.1) is 5.82 Å². The number of phenols is 1. The highest BCUT2D eigenvalue weighted by Gasteiger charge is 2.09. The average molecular weight is 298 g/mol. The van der Waals surface area contributed by atoms with Gasteiger partial charge in [0.05, 0.1) is 5.56 Å². The number of hydrogen-bond donors (Lipinski definition) is 1. The van der Waals surface area contributed by atoms with Gasteiger partial charge in [-0.05, 0) is 52.7 Å². The van der Waals surface area contributed by atoms with Crippen molar-refractivity contribution in [2.24, 2.45) is 0 Å². The number of rotatable bonds is 3. The summed E-state index contributed by atoms with van der Waals surface area (Å²) in [5.74, 6) is -1.20. The van der Waals surface area contributed by atoms with Crippen LogP contribution in [0.15, 0.2) is 53.9 Å². The second-order valence-electron chi connectivity index (χ2n) is 4.55. The molecule has 1 aromatic heterocycles. The fourth-order valence-corrected chi connectivity index (χ4v) is 3.02. The van der Waals surface area contributed by atoms with Crippen LogP contribution in [0.1, 0.15) is 15.9 Å². The van der Waals surface area contributed by atoms with Gasteiger partial charge >= 0.3 is 0 Å². The van der Waals surface area contributed by atoms with E-state index in [9.17, 15) is 14.3 Å². The van der Waals surface area contributed by atoms with Gasteiger partial charge in [0.1, 0.15) is 11.6 Å². The van der Waals surface area contributed by atoms with Crippen molar-refractivity contribution in [2.75, 3.05) is 0 Å². The van der Waals surface area contributed by atoms with Crippen LogP contribution in [0.3, 0.4) is 0 Å². The van der Waals surface area contributed by atoms with Crippen LogP contribution in [0.4, 0.5) is 4.39 Å². The number of benzene rings is 2. The van der Waals surface area contributed by atoms with Crippen molar-refractivity contribution in [2.45, 2.75) is 0 Å². The van der Waals surface area contributed by atoms with Gasteiger partial charge in [-0.25, -0.2) is 4.39 Å². The van der Waals surface area contributed by atoms with E-state index >= 15 is 0 Å². The first-order chi connectivity index (χ1) is 10.1. The lowest BCUT2D eigenvalue weighted by Crippen LogP contribution is -1.95. The van der Waals surface area contributed by atoms with E-state index in [0.717, 1.165) is 27.8 Å². The van der Waals surface area contributed by atoms with Crippen molar-refractivity contribution < 1.29 is 14.3 Å². The molecule has 0 amide bonds. The summed E-state index contributed by atoms with van der Waals surface area (Å²) in [4.78, 5) is 12.0. The molecular weight excluding hydrogens is 287 g/mol. The minimum atomic E-state index is -0.550. The fraction of sp³-hybridized carbons (Fsp3) is 0. The quantitative estimate of drug-likeness (QED) is 0.565. The molecule has 0 aliphatic carbocycles. The first-order valence-electron chi connectivity index (χ1n) is 6.32. The van der Waals surface area contributed by atoms with Crippen molar-refractivity contribution >= 4 is 33.3 Å². The fourth-order valence-electron chi connectivity index (χ4n) is 2.09. The molecule has 0 radical (unpaired) electrons. The van der Waals surface area contributed by atoms with Crippen LogP contribution in [0.2, 0.25) is 0 Å². The van der Waals surface area contributed by atoms with Gasteiger partial charge < -0.3 is 5.11 Å². The van der Waals surface area contributed by atoms with Crippen LogP contribution in [-0.4, -0.2) is 10.9 Å². The third-order valence-corrected chi connectivity index (χ3v) is 4.13. The maximum atomic E-state index is 13.1. The molecule has 0 spiro atoms. The Hall–Kier alpha value is -2.46. The van der Waals surface area contributed by atoms with E-state index in [0.29, 0.717) is 0 Å². The summed E-state index contributed by atoms with van der Waals surface area (Å²) in [5, 5.41) is 12.6. The maximum Gasteiger partial charge on any atom is 0.189 e. The molecule has 0 aliphatic heterocycles. The maximum absolute atomic E-state index is 13.1. The van der Waals surface area contributed by atoms with Crippen LogP contribution < -0.4 is 0 Å². The summed E-state index contributed by atoms with van der Waals surface area (Å²) < 4.78 is 14.3. The Bertz CT molecular complexity index is 849. The van der Waals surface area contributed by atoms with Gasteiger partial charge in [0.15, 0.2) is 5.78 Å². The molecule has 2 nitrogen and oxygen atoms in total. The lowest BCUT2D eigenvalue weighted by atomic mass is 10.1. The first-order valence-corrected chi connectivity index (χ1v) is 7.20. The molecule has 0 saturated carbocycles. The number of carbonyl (C=O) groups excluding carboxylic acids is 1. The SMILES string of the molecule is O=C(/C=C/c1csc2ccccc12)c1cc(F)ccc1O. The molecule has 21 heavy (non-hydrogen) atoms. The van der Waals surface area contributed by atoms with Gasteiger partial charge in [-0.1, -0.05) is 18.2 Å². The third kappa shape index (κ3) is 2.71. The molecule has 0 aliphatic rings. The van der Waals surface area contributed by atoms with Gasteiger partial charge in [0.25, 0.3) is 0 Å². The lowest BCUT2D eigenvalue weighted by molar-refractivity contribution is 0.104. The third-order valence-electron chi connectivity index (χ3n) is 3.15. The molecule has 0 saturated heterocycles. The smallest absolute Gasteiger partial charge is 0.189 e. The first kappa shape index (κ1) is 13.5. The zero-order valence-electron chi connectivity index (χ0n) is 10.9. The Kier molecular flexibility index (Phi) is 3.54. The number of aromatic hydroxyl groups is 1. The normalized spacial score (nSPS) is 11.3. The van der Waals surface area contributed by atoms with Crippen molar-refractivity contribution in [3.8, 4) is 5.75 Å². The molecule has 0 fully saturated rings. The zero-order chi connectivity index (χ0) is 14.8. The molecule has 0 unspecified atom stereocenters. The minimum Gasteiger partial charge on any atom is -0.507 e. The molecule has 2 aromatic carbocycles. The highest BCUT2D eigenvalue weighted by Crippen LogP contribution is 2.27. The minimum absolute atomic E-state index is 0.0363. The summed E-state index contributed by atoms with van der Waals surface area (Å²) in [7, 11) is 0. The zero-order valence-corrected chi connectivity index (χ0v) is 11.7. The van der Waals surface area contributed by atoms with Gasteiger partial charge in [-0.2, -0.15) is 0 Å². The van der Waals surface area contributed by atoms with E-state index in [1.165, 1.54) is 12.1 Å². The highest BCUT2D eigenvalue weighted by molar-refractivity contribution is 7.17. The number of carbonyl (C=O) groups is 1. The molecule has 3 aromatic rings. The standard InChI is InChI=1S/C17H11FO2S/c18-12-6-8-16(20)14(9-12)15(19)7-5-11-10-21-17-4-2-1-3-13(11)17/h1-10,20H/b7-5+. The van der Waals surface area contributed by atoms with Gasteiger partial charge in [0, 0.05) is 4.70 Å². The summed E-state index contributed by atoms with van der Waals surface area (Å²) in [6.07, 6.45) is 3.04. The molecule has 0 atom stereocenters. The van der Waals surface area contributed by atoms with E-state index in [-0.39, 0.29) is 11.3 Å². The Morgan fingerprint density at radius 1 is 1.19 bits per heavy atom. The summed E-state index contributed by atoms with van der Waals surface area (Å²) in [5.41, 5.74) is 0.894. The van der Waals surface area contributed by atoms with Crippen molar-refractivity contribution in [3.63, 3.8) is 0 Å². The van der Waals surface area contributed by atoms with E-state index in [1.54, 1.807) is 17.4 Å². The van der Waals surface area contributed by atoms with Gasteiger partial charge in [0.2, 0.25) is 0 Å². The van der Waals surface area contributed by atoms with Crippen molar-refractivity contribution in [1.82, 2.24) is 0 Å². The van der Waals surface area contributed by atoms with Crippen molar-refractivity contribution in [3.05, 3.63) is 70.9 Å². The number of fused-ring (bicyclic) bond motifs is 1. The van der Waals surface area contributed by atoms with E-state index in [1.807, 2.05) is 29.6 Å². The van der Waals surface area contributed by atoms with Crippen LogP contribution >= 0.6 is 11.3 Å². The number of allylic oxidation sites excluding steroid dienone is 1. The Morgan fingerprint density at radius 3 is 2.86 bits per heavy atom. The van der Waals surface area contributed by atoms with E-state index in [2.05, 4.69) is 0 Å².